The van der Waals surface area contributed by atoms with Gasteiger partial charge in [-0.2, -0.15) is 0 Å². The van der Waals surface area contributed by atoms with Crippen molar-refractivity contribution in [2.45, 2.75) is 13.3 Å². The Bertz CT molecular complexity index is 880. The Morgan fingerprint density at radius 1 is 1.41 bits per heavy atom. The van der Waals surface area contributed by atoms with Gasteiger partial charge in [0.15, 0.2) is 0 Å². The van der Waals surface area contributed by atoms with E-state index >= 15 is 0 Å². The van der Waals surface area contributed by atoms with Crippen LogP contribution in [-0.2, 0) is 11.2 Å². The maximum Gasteiger partial charge on any atom is 0.333 e. The number of nitro benzene ring substituents is 1. The van der Waals surface area contributed by atoms with E-state index in [2.05, 4.69) is 4.98 Å². The van der Waals surface area contributed by atoms with Crippen LogP contribution in [0.25, 0.3) is 5.69 Å². The molecule has 1 aromatic heterocycles. The van der Waals surface area contributed by atoms with E-state index in [1.807, 2.05) is 0 Å². The fourth-order valence-electron chi connectivity index (χ4n) is 2.02. The van der Waals surface area contributed by atoms with Crippen LogP contribution in [0, 0.1) is 17.0 Å². The largest absolute Gasteiger partial charge is 0.481 e. The second kappa shape index (κ2) is 5.64. The monoisotopic (exact) mass is 305 g/mol. The maximum atomic E-state index is 12.3. The van der Waals surface area contributed by atoms with E-state index in [1.165, 1.54) is 25.1 Å². The van der Waals surface area contributed by atoms with Crippen molar-refractivity contribution in [3.05, 3.63) is 66.5 Å². The van der Waals surface area contributed by atoms with E-state index in [9.17, 15) is 24.5 Å². The summed E-state index contributed by atoms with van der Waals surface area (Å²) in [5.41, 5.74) is -1.84. The molecule has 0 radical (unpaired) electrons. The molecule has 22 heavy (non-hydrogen) atoms. The molecule has 9 heteroatoms. The topological polar surface area (TPSA) is 135 Å². The van der Waals surface area contributed by atoms with Gasteiger partial charge in [-0.1, -0.05) is 6.07 Å². The third-order valence-corrected chi connectivity index (χ3v) is 3.04. The summed E-state index contributed by atoms with van der Waals surface area (Å²) < 4.78 is 0.679. The molecule has 0 saturated heterocycles. The Labute approximate surface area is 122 Å². The first kappa shape index (κ1) is 15.2. The number of nitro groups is 1. The molecule has 2 aromatic rings. The van der Waals surface area contributed by atoms with Crippen LogP contribution in [-0.4, -0.2) is 25.6 Å². The van der Waals surface area contributed by atoms with Crippen molar-refractivity contribution >= 4 is 11.7 Å². The predicted octanol–water partition coefficient (Wildman–Crippen LogP) is 0.370. The van der Waals surface area contributed by atoms with E-state index in [0.29, 0.717) is 4.57 Å². The Morgan fingerprint density at radius 3 is 2.68 bits per heavy atom. The van der Waals surface area contributed by atoms with Crippen LogP contribution in [0.2, 0.25) is 0 Å². The summed E-state index contributed by atoms with van der Waals surface area (Å²) >= 11 is 0. The zero-order valence-corrected chi connectivity index (χ0v) is 11.4. The van der Waals surface area contributed by atoms with Crippen LogP contribution < -0.4 is 11.2 Å². The SMILES string of the molecule is Cc1[nH]c(=O)n(-c2cccc([N+](=O)[O-])c2)c(=O)c1CC(=O)O. The normalized spacial score (nSPS) is 10.4. The number of hydrogen-bond donors (Lipinski definition) is 2. The van der Waals surface area contributed by atoms with Crippen molar-refractivity contribution < 1.29 is 14.8 Å². The molecule has 0 aliphatic heterocycles. The molecular formula is C13H11N3O6. The second-order valence-electron chi connectivity index (χ2n) is 4.52. The van der Waals surface area contributed by atoms with E-state index < -0.39 is 28.6 Å². The number of carbonyl (C=O) groups is 1. The molecule has 0 aliphatic rings. The number of hydrogen-bond acceptors (Lipinski definition) is 5. The minimum atomic E-state index is -1.22. The minimum absolute atomic E-state index is 0.00733. The number of non-ortho nitro benzene ring substituents is 1. The number of H-pyrrole nitrogens is 1. The number of aliphatic carboxylic acids is 1. The summed E-state index contributed by atoms with van der Waals surface area (Å²) in [6.45, 7) is 1.42. The van der Waals surface area contributed by atoms with Gasteiger partial charge in [0.05, 0.1) is 17.0 Å². The smallest absolute Gasteiger partial charge is 0.333 e. The highest BCUT2D eigenvalue weighted by Crippen LogP contribution is 2.14. The maximum absolute atomic E-state index is 12.3. The lowest BCUT2D eigenvalue weighted by molar-refractivity contribution is -0.384. The molecule has 114 valence electrons. The van der Waals surface area contributed by atoms with E-state index in [0.717, 1.165) is 6.07 Å². The van der Waals surface area contributed by atoms with Crippen molar-refractivity contribution in [1.82, 2.24) is 9.55 Å². The van der Waals surface area contributed by atoms with Crippen molar-refractivity contribution in [1.29, 1.82) is 0 Å². The highest BCUT2D eigenvalue weighted by Gasteiger charge is 2.16. The van der Waals surface area contributed by atoms with Crippen molar-refractivity contribution in [2.75, 3.05) is 0 Å². The molecule has 0 atom stereocenters. The number of benzene rings is 1. The molecule has 0 spiro atoms. The molecule has 0 aliphatic carbocycles. The van der Waals surface area contributed by atoms with Gasteiger partial charge in [-0.3, -0.25) is 19.7 Å². The standard InChI is InChI=1S/C13H11N3O6/c1-7-10(6-11(17)18)12(19)15(13(20)14-7)8-3-2-4-9(5-8)16(21)22/h2-5H,6H2,1H3,(H,14,20)(H,17,18). The zero-order valence-electron chi connectivity index (χ0n) is 11.4. The second-order valence-corrected chi connectivity index (χ2v) is 4.52. The molecule has 0 unspecified atom stereocenters. The van der Waals surface area contributed by atoms with Gasteiger partial charge in [-0.25, -0.2) is 9.36 Å². The number of aromatic amines is 1. The average molecular weight is 305 g/mol. The van der Waals surface area contributed by atoms with E-state index in [1.54, 1.807) is 0 Å². The summed E-state index contributed by atoms with van der Waals surface area (Å²) in [5, 5.41) is 19.6. The van der Waals surface area contributed by atoms with E-state index in [4.69, 9.17) is 5.11 Å². The molecule has 2 rings (SSSR count). The van der Waals surface area contributed by atoms with Gasteiger partial charge < -0.3 is 10.1 Å². The highest BCUT2D eigenvalue weighted by molar-refractivity contribution is 5.70. The third kappa shape index (κ3) is 2.77. The number of carboxylic acid groups (broad SMARTS) is 1. The Kier molecular flexibility index (Phi) is 3.89. The Morgan fingerprint density at radius 2 is 2.09 bits per heavy atom. The van der Waals surface area contributed by atoms with Gasteiger partial charge in [0, 0.05) is 23.4 Å². The Balaban J connectivity index is 2.73. The van der Waals surface area contributed by atoms with E-state index in [-0.39, 0.29) is 22.6 Å². The van der Waals surface area contributed by atoms with Crippen LogP contribution in [0.1, 0.15) is 11.3 Å². The number of nitrogens with one attached hydrogen (secondary N) is 1. The molecule has 0 bridgehead atoms. The van der Waals surface area contributed by atoms with Crippen LogP contribution in [0.5, 0.6) is 0 Å². The van der Waals surface area contributed by atoms with Gasteiger partial charge >= 0.3 is 11.7 Å². The first-order valence-corrected chi connectivity index (χ1v) is 6.12. The van der Waals surface area contributed by atoms with Gasteiger partial charge in [0.1, 0.15) is 0 Å². The number of rotatable bonds is 4. The fourth-order valence-corrected chi connectivity index (χ4v) is 2.02. The molecule has 9 nitrogen and oxygen atoms in total. The van der Waals surface area contributed by atoms with Crippen molar-refractivity contribution in [3.8, 4) is 5.69 Å². The average Bonchev–Trinajstić information content (AvgIpc) is 2.43. The number of aromatic nitrogens is 2. The molecule has 0 saturated carbocycles. The van der Waals surface area contributed by atoms with Crippen molar-refractivity contribution in [2.24, 2.45) is 0 Å². The lowest BCUT2D eigenvalue weighted by Crippen LogP contribution is -2.37. The van der Waals surface area contributed by atoms with Crippen LogP contribution in [0.3, 0.4) is 0 Å². The zero-order chi connectivity index (χ0) is 16.4. The van der Waals surface area contributed by atoms with Crippen LogP contribution >= 0.6 is 0 Å². The summed E-state index contributed by atoms with van der Waals surface area (Å²) in [5.74, 6) is -1.22. The molecule has 1 aromatic carbocycles. The van der Waals surface area contributed by atoms with Crippen LogP contribution in [0.4, 0.5) is 5.69 Å². The molecule has 0 fully saturated rings. The lowest BCUT2D eigenvalue weighted by atomic mass is 10.1. The van der Waals surface area contributed by atoms with Crippen molar-refractivity contribution in [3.63, 3.8) is 0 Å². The summed E-state index contributed by atoms with van der Waals surface area (Å²) in [6, 6.07) is 4.96. The van der Waals surface area contributed by atoms with Crippen LogP contribution in [0.15, 0.2) is 33.9 Å². The molecule has 1 heterocycles. The fraction of sp³-hybridized carbons (Fsp3) is 0.154. The first-order chi connectivity index (χ1) is 10.3. The molecule has 0 amide bonds. The summed E-state index contributed by atoms with van der Waals surface area (Å²) in [6.07, 6.45) is -0.559. The minimum Gasteiger partial charge on any atom is -0.481 e. The van der Waals surface area contributed by atoms with Gasteiger partial charge in [0.2, 0.25) is 0 Å². The number of aryl methyl sites for hydroxylation is 1. The summed E-state index contributed by atoms with van der Waals surface area (Å²) in [7, 11) is 0. The molecular weight excluding hydrogens is 294 g/mol. The number of nitrogens with zero attached hydrogens (tertiary/aromatic N) is 2. The van der Waals surface area contributed by atoms with Gasteiger partial charge in [0.25, 0.3) is 11.2 Å². The predicted molar refractivity (Wildman–Crippen MR) is 75.4 cm³/mol. The highest BCUT2D eigenvalue weighted by atomic mass is 16.6. The van der Waals surface area contributed by atoms with Gasteiger partial charge in [-0.15, -0.1) is 0 Å². The number of carboxylic acids is 1. The first-order valence-electron chi connectivity index (χ1n) is 6.12. The third-order valence-electron chi connectivity index (χ3n) is 3.04. The van der Waals surface area contributed by atoms with Gasteiger partial charge in [-0.05, 0) is 13.0 Å². The summed E-state index contributed by atoms with van der Waals surface area (Å²) in [4.78, 5) is 47.6. The lowest BCUT2D eigenvalue weighted by Gasteiger charge is -2.08. The quantitative estimate of drug-likeness (QED) is 0.618. The molecule has 2 N–H and O–H groups in total. The Hall–Kier alpha value is -3.23.